The molecule has 3 aromatic rings. The Morgan fingerprint density at radius 1 is 1.04 bits per heavy atom. The van der Waals surface area contributed by atoms with Crippen molar-refractivity contribution in [2.24, 2.45) is 0 Å². The highest BCUT2D eigenvalue weighted by Gasteiger charge is 2.38. The summed E-state index contributed by atoms with van der Waals surface area (Å²) in [5.74, 6) is -0.726. The second-order valence-electron chi connectivity index (χ2n) is 4.97. The van der Waals surface area contributed by atoms with Crippen LogP contribution in [0.25, 0.3) is 11.0 Å². The number of rotatable bonds is 3. The van der Waals surface area contributed by atoms with Crippen LogP contribution >= 0.6 is 0 Å². The van der Waals surface area contributed by atoms with Crippen molar-refractivity contribution >= 4 is 40.7 Å². The fraction of sp³-hybridized carbons (Fsp3) is 0.111. The number of imide groups is 1. The van der Waals surface area contributed by atoms with Crippen molar-refractivity contribution in [3.63, 3.8) is 0 Å². The molecule has 1 aromatic heterocycles. The van der Waals surface area contributed by atoms with Crippen LogP contribution in [0.1, 0.15) is 34.6 Å². The highest BCUT2D eigenvalue weighted by atomic mass is 16.5. The first-order valence-corrected chi connectivity index (χ1v) is 7.78. The minimum atomic E-state index is -0.434. The van der Waals surface area contributed by atoms with Gasteiger partial charge in [-0.25, -0.2) is 4.90 Å². The van der Waals surface area contributed by atoms with Crippen molar-refractivity contribution in [3.8, 4) is 0 Å². The highest BCUT2D eigenvalue weighted by molar-refractivity contribution is 6.35. The molecule has 3 amide bonds. The Hall–Kier alpha value is -3.48. The van der Waals surface area contributed by atoms with Gasteiger partial charge in [-0.1, -0.05) is 31.1 Å². The first-order chi connectivity index (χ1) is 12.2. The molecule has 0 saturated heterocycles. The summed E-state index contributed by atoms with van der Waals surface area (Å²) >= 11 is 0. The van der Waals surface area contributed by atoms with Gasteiger partial charge in [-0.15, -0.1) is 0 Å². The molecule has 2 heterocycles. The summed E-state index contributed by atoms with van der Waals surface area (Å²) in [5.41, 5.74) is 1.57. The average molecular weight is 337 g/mol. The summed E-state index contributed by atoms with van der Waals surface area (Å²) in [7, 11) is 0. The summed E-state index contributed by atoms with van der Waals surface area (Å²) in [6.07, 6.45) is 0.544. The number of anilines is 2. The predicted octanol–water partition coefficient (Wildman–Crippen LogP) is 3.22. The standard InChI is InChI=1S/C16H9N3O4.C2H6/c20-8-17-9-5-6-12-13(7-9)23-18-14(12)19-15(21)10-3-1-2-4-11(10)16(19)22;1-2/h1-8H,(H,17,20);1-2H3. The summed E-state index contributed by atoms with van der Waals surface area (Å²) in [6.45, 7) is 4.00. The van der Waals surface area contributed by atoms with Gasteiger partial charge < -0.3 is 9.84 Å². The molecule has 0 bridgehead atoms. The van der Waals surface area contributed by atoms with Crippen LogP contribution in [0.2, 0.25) is 0 Å². The molecule has 126 valence electrons. The SMILES string of the molecule is CC.O=CNc1ccc2c(N3C(=O)c4ccccc4C3=O)noc2c1. The van der Waals surface area contributed by atoms with Gasteiger partial charge >= 0.3 is 0 Å². The van der Waals surface area contributed by atoms with E-state index in [0.717, 1.165) is 4.90 Å². The monoisotopic (exact) mass is 337 g/mol. The van der Waals surface area contributed by atoms with Gasteiger partial charge in [-0.2, -0.15) is 0 Å². The maximum Gasteiger partial charge on any atom is 0.267 e. The van der Waals surface area contributed by atoms with E-state index < -0.39 is 11.8 Å². The molecule has 7 nitrogen and oxygen atoms in total. The van der Waals surface area contributed by atoms with Crippen molar-refractivity contribution in [2.75, 3.05) is 10.2 Å². The molecule has 0 atom stereocenters. The summed E-state index contributed by atoms with van der Waals surface area (Å²) in [5, 5.41) is 6.86. The summed E-state index contributed by atoms with van der Waals surface area (Å²) in [4.78, 5) is 36.5. The van der Waals surface area contributed by atoms with Crippen molar-refractivity contribution < 1.29 is 18.9 Å². The third kappa shape index (κ3) is 2.55. The van der Waals surface area contributed by atoms with E-state index in [0.29, 0.717) is 34.2 Å². The number of benzene rings is 2. The molecule has 0 spiro atoms. The van der Waals surface area contributed by atoms with Crippen LogP contribution in [0.4, 0.5) is 11.5 Å². The quantitative estimate of drug-likeness (QED) is 0.585. The lowest BCUT2D eigenvalue weighted by Crippen LogP contribution is -2.29. The molecule has 0 radical (unpaired) electrons. The lowest BCUT2D eigenvalue weighted by atomic mass is 10.1. The number of carbonyl (C=O) groups is 3. The lowest BCUT2D eigenvalue weighted by molar-refractivity contribution is -0.105. The van der Waals surface area contributed by atoms with E-state index >= 15 is 0 Å². The zero-order valence-corrected chi connectivity index (χ0v) is 13.6. The molecule has 0 unspecified atom stereocenters. The maximum absolute atomic E-state index is 12.5. The first kappa shape index (κ1) is 16.4. The molecule has 4 rings (SSSR count). The van der Waals surface area contributed by atoms with E-state index in [4.69, 9.17) is 4.52 Å². The lowest BCUT2D eigenvalue weighted by Gasteiger charge is -2.09. The van der Waals surface area contributed by atoms with Crippen molar-refractivity contribution in [2.45, 2.75) is 13.8 Å². The Bertz CT molecular complexity index is 942. The third-order valence-corrected chi connectivity index (χ3v) is 3.68. The number of fused-ring (bicyclic) bond motifs is 2. The summed E-state index contributed by atoms with van der Waals surface area (Å²) in [6, 6.07) is 11.4. The van der Waals surface area contributed by atoms with E-state index in [1.54, 1.807) is 42.5 Å². The van der Waals surface area contributed by atoms with Crippen LogP contribution < -0.4 is 10.2 Å². The third-order valence-electron chi connectivity index (χ3n) is 3.68. The predicted molar refractivity (Wildman–Crippen MR) is 92.6 cm³/mol. The number of aromatic nitrogens is 1. The number of nitrogens with one attached hydrogen (secondary N) is 1. The van der Waals surface area contributed by atoms with Crippen LogP contribution in [-0.2, 0) is 4.79 Å². The number of nitrogens with zero attached hydrogens (tertiary/aromatic N) is 2. The van der Waals surface area contributed by atoms with Gasteiger partial charge in [0.2, 0.25) is 6.41 Å². The number of carbonyl (C=O) groups excluding carboxylic acids is 3. The summed E-state index contributed by atoms with van der Waals surface area (Å²) < 4.78 is 5.19. The molecule has 7 heteroatoms. The fourth-order valence-corrected chi connectivity index (χ4v) is 2.62. The largest absolute Gasteiger partial charge is 0.354 e. The molecule has 25 heavy (non-hydrogen) atoms. The number of amides is 3. The van der Waals surface area contributed by atoms with Crippen molar-refractivity contribution in [1.29, 1.82) is 0 Å². The van der Waals surface area contributed by atoms with E-state index in [1.165, 1.54) is 0 Å². The molecule has 0 fully saturated rings. The zero-order chi connectivity index (χ0) is 18.0. The van der Waals surface area contributed by atoms with Crippen LogP contribution in [-0.4, -0.2) is 23.4 Å². The Balaban J connectivity index is 0.000000880. The molecule has 1 N–H and O–H groups in total. The Morgan fingerprint density at radius 3 is 2.28 bits per heavy atom. The van der Waals surface area contributed by atoms with E-state index in [1.807, 2.05) is 13.8 Å². The van der Waals surface area contributed by atoms with Crippen molar-refractivity contribution in [3.05, 3.63) is 53.6 Å². The van der Waals surface area contributed by atoms with E-state index in [2.05, 4.69) is 10.5 Å². The molecule has 1 aliphatic rings. The second-order valence-corrected chi connectivity index (χ2v) is 4.97. The molecule has 1 aliphatic heterocycles. The minimum Gasteiger partial charge on any atom is -0.354 e. The normalized spacial score (nSPS) is 12.6. The zero-order valence-electron chi connectivity index (χ0n) is 13.6. The fourth-order valence-electron chi connectivity index (χ4n) is 2.62. The molecule has 0 aliphatic carbocycles. The molecular formula is C18H15N3O4. The van der Waals surface area contributed by atoms with E-state index in [-0.39, 0.29) is 5.82 Å². The molecule has 0 saturated carbocycles. The molecular weight excluding hydrogens is 322 g/mol. The van der Waals surface area contributed by atoms with Crippen LogP contribution in [0.3, 0.4) is 0 Å². The van der Waals surface area contributed by atoms with Gasteiger partial charge in [0.25, 0.3) is 11.8 Å². The Kier molecular flexibility index (Phi) is 4.30. The Morgan fingerprint density at radius 2 is 1.68 bits per heavy atom. The van der Waals surface area contributed by atoms with Crippen LogP contribution in [0.5, 0.6) is 0 Å². The topological polar surface area (TPSA) is 92.5 Å². The van der Waals surface area contributed by atoms with Gasteiger partial charge in [-0.05, 0) is 24.3 Å². The van der Waals surface area contributed by atoms with Gasteiger partial charge in [0.05, 0.1) is 16.5 Å². The minimum absolute atomic E-state index is 0.142. The second kappa shape index (κ2) is 6.56. The number of hydrogen-bond donors (Lipinski definition) is 1. The van der Waals surface area contributed by atoms with Crippen LogP contribution in [0, 0.1) is 0 Å². The maximum atomic E-state index is 12.5. The number of hydrogen-bond acceptors (Lipinski definition) is 5. The smallest absolute Gasteiger partial charge is 0.267 e. The molecule has 2 aromatic carbocycles. The van der Waals surface area contributed by atoms with Gasteiger partial charge in [0, 0.05) is 11.8 Å². The first-order valence-electron chi connectivity index (χ1n) is 7.78. The van der Waals surface area contributed by atoms with Gasteiger partial charge in [-0.3, -0.25) is 14.4 Å². The highest BCUT2D eigenvalue weighted by Crippen LogP contribution is 2.33. The Labute approximate surface area is 143 Å². The van der Waals surface area contributed by atoms with E-state index in [9.17, 15) is 14.4 Å². The average Bonchev–Trinajstić information content (AvgIpc) is 3.16. The van der Waals surface area contributed by atoms with Gasteiger partial charge in [0.1, 0.15) is 0 Å². The van der Waals surface area contributed by atoms with Crippen LogP contribution in [0.15, 0.2) is 47.0 Å². The van der Waals surface area contributed by atoms with Gasteiger partial charge in [0.15, 0.2) is 11.4 Å². The van der Waals surface area contributed by atoms with Crippen molar-refractivity contribution in [1.82, 2.24) is 5.16 Å².